The van der Waals surface area contributed by atoms with Gasteiger partial charge in [0.2, 0.25) is 5.89 Å². The smallest absolute Gasteiger partial charge is 0.291 e. The minimum Gasteiger partial charge on any atom is -0.484 e. The molecular formula is C23H26N4O5. The summed E-state index contributed by atoms with van der Waals surface area (Å²) in [4.78, 5) is 29.3. The molecule has 168 valence electrons. The van der Waals surface area contributed by atoms with Crippen LogP contribution in [-0.2, 0) is 10.3 Å². The molecule has 1 saturated carbocycles. The van der Waals surface area contributed by atoms with Crippen LogP contribution in [0.3, 0.4) is 0 Å². The van der Waals surface area contributed by atoms with E-state index >= 15 is 0 Å². The summed E-state index contributed by atoms with van der Waals surface area (Å²) in [5, 5.41) is 9.94. The van der Waals surface area contributed by atoms with E-state index in [1.165, 1.54) is 6.26 Å². The summed E-state index contributed by atoms with van der Waals surface area (Å²) in [5.41, 5.74) is -0.111. The number of anilines is 1. The SMILES string of the molecule is Cc1nc(C2(NC(=O)COc3cccc(NC(=O)c4ccco4)c3)CCCCCC2)no1. The van der Waals surface area contributed by atoms with E-state index in [1.54, 1.807) is 43.3 Å². The van der Waals surface area contributed by atoms with Gasteiger partial charge < -0.3 is 24.3 Å². The van der Waals surface area contributed by atoms with Crippen molar-refractivity contribution < 1.29 is 23.3 Å². The van der Waals surface area contributed by atoms with Crippen molar-refractivity contribution in [2.24, 2.45) is 0 Å². The molecule has 1 aliphatic rings. The molecule has 1 aliphatic carbocycles. The molecule has 0 radical (unpaired) electrons. The summed E-state index contributed by atoms with van der Waals surface area (Å²) in [6, 6.07) is 10.1. The molecule has 2 amide bonds. The number of hydrogen-bond donors (Lipinski definition) is 2. The highest BCUT2D eigenvalue weighted by molar-refractivity contribution is 6.02. The van der Waals surface area contributed by atoms with Gasteiger partial charge in [-0.1, -0.05) is 36.9 Å². The highest BCUT2D eigenvalue weighted by Gasteiger charge is 2.38. The van der Waals surface area contributed by atoms with Gasteiger partial charge >= 0.3 is 0 Å². The molecule has 3 aromatic rings. The molecule has 0 atom stereocenters. The number of nitrogens with one attached hydrogen (secondary N) is 2. The maximum Gasteiger partial charge on any atom is 0.291 e. The molecule has 2 heterocycles. The average molecular weight is 438 g/mol. The van der Waals surface area contributed by atoms with Crippen molar-refractivity contribution in [2.45, 2.75) is 51.0 Å². The highest BCUT2D eigenvalue weighted by Crippen LogP contribution is 2.34. The fraction of sp³-hybridized carbons (Fsp3) is 0.391. The van der Waals surface area contributed by atoms with Gasteiger partial charge in [-0.25, -0.2) is 0 Å². The summed E-state index contributed by atoms with van der Waals surface area (Å²) in [6.45, 7) is 1.57. The molecule has 0 aliphatic heterocycles. The summed E-state index contributed by atoms with van der Waals surface area (Å²) >= 11 is 0. The number of amides is 2. The Labute approximate surface area is 185 Å². The van der Waals surface area contributed by atoms with Crippen molar-refractivity contribution in [2.75, 3.05) is 11.9 Å². The highest BCUT2D eigenvalue weighted by atomic mass is 16.5. The normalized spacial score (nSPS) is 15.5. The molecule has 1 aromatic carbocycles. The van der Waals surface area contributed by atoms with Gasteiger partial charge in [0.15, 0.2) is 18.2 Å². The Bertz CT molecular complexity index is 1050. The zero-order chi connectivity index (χ0) is 22.4. The minimum atomic E-state index is -0.645. The Morgan fingerprint density at radius 2 is 1.94 bits per heavy atom. The Morgan fingerprint density at radius 1 is 1.12 bits per heavy atom. The lowest BCUT2D eigenvalue weighted by molar-refractivity contribution is -0.125. The third-order valence-corrected chi connectivity index (χ3v) is 5.50. The number of carbonyl (C=O) groups excluding carboxylic acids is 2. The predicted molar refractivity (Wildman–Crippen MR) is 115 cm³/mol. The fourth-order valence-electron chi connectivity index (χ4n) is 3.95. The lowest BCUT2D eigenvalue weighted by atomic mass is 9.89. The Morgan fingerprint density at radius 3 is 2.62 bits per heavy atom. The van der Waals surface area contributed by atoms with Crippen LogP contribution in [-0.4, -0.2) is 28.6 Å². The van der Waals surface area contributed by atoms with Crippen LogP contribution in [0.5, 0.6) is 5.75 Å². The summed E-state index contributed by atoms with van der Waals surface area (Å²) in [6.07, 6.45) is 7.13. The molecule has 0 spiro atoms. The minimum absolute atomic E-state index is 0.172. The maximum atomic E-state index is 12.8. The lowest BCUT2D eigenvalue weighted by Gasteiger charge is -2.30. The van der Waals surface area contributed by atoms with E-state index in [0.29, 0.717) is 23.2 Å². The quantitative estimate of drug-likeness (QED) is 0.536. The summed E-state index contributed by atoms with van der Waals surface area (Å²) in [7, 11) is 0. The molecular weight excluding hydrogens is 412 g/mol. The molecule has 9 nitrogen and oxygen atoms in total. The number of furan rings is 1. The van der Waals surface area contributed by atoms with Gasteiger partial charge in [0.05, 0.1) is 6.26 Å². The number of carbonyl (C=O) groups is 2. The van der Waals surface area contributed by atoms with Crippen LogP contribution in [0.25, 0.3) is 0 Å². The van der Waals surface area contributed by atoms with Gasteiger partial charge in [-0.15, -0.1) is 0 Å². The van der Waals surface area contributed by atoms with E-state index in [4.69, 9.17) is 13.7 Å². The van der Waals surface area contributed by atoms with Crippen LogP contribution in [0.4, 0.5) is 5.69 Å². The molecule has 4 rings (SSSR count). The van der Waals surface area contributed by atoms with Gasteiger partial charge in [0.25, 0.3) is 11.8 Å². The van der Waals surface area contributed by atoms with Gasteiger partial charge in [0.1, 0.15) is 11.3 Å². The molecule has 0 bridgehead atoms. The van der Waals surface area contributed by atoms with Crippen molar-refractivity contribution >= 4 is 17.5 Å². The van der Waals surface area contributed by atoms with Crippen LogP contribution >= 0.6 is 0 Å². The number of ether oxygens (including phenoxy) is 1. The monoisotopic (exact) mass is 438 g/mol. The van der Waals surface area contributed by atoms with Gasteiger partial charge in [-0.05, 0) is 37.1 Å². The molecule has 1 fully saturated rings. The first-order chi connectivity index (χ1) is 15.5. The molecule has 32 heavy (non-hydrogen) atoms. The molecule has 0 saturated heterocycles. The molecule has 9 heteroatoms. The molecule has 0 unspecified atom stereocenters. The number of hydrogen-bond acceptors (Lipinski definition) is 7. The number of rotatable bonds is 7. The second-order valence-electron chi connectivity index (χ2n) is 7.93. The summed E-state index contributed by atoms with van der Waals surface area (Å²) in [5.74, 6) is 1.04. The van der Waals surface area contributed by atoms with Crippen molar-refractivity contribution in [3.05, 3.63) is 60.1 Å². The van der Waals surface area contributed by atoms with Crippen molar-refractivity contribution in [3.63, 3.8) is 0 Å². The second kappa shape index (κ2) is 9.67. The first-order valence-electron chi connectivity index (χ1n) is 10.7. The van der Waals surface area contributed by atoms with Crippen molar-refractivity contribution in [1.82, 2.24) is 15.5 Å². The standard InChI is InChI=1S/C23H26N4O5/c1-16-24-22(27-32-16)23(11-4-2-3-5-12-23)26-20(28)15-31-18-9-6-8-17(14-18)25-21(29)19-10-7-13-30-19/h6-10,13-14H,2-5,11-12,15H2,1H3,(H,25,29)(H,26,28). The van der Waals surface area contributed by atoms with E-state index in [9.17, 15) is 9.59 Å². The predicted octanol–water partition coefficient (Wildman–Crippen LogP) is 3.97. The molecule has 2 N–H and O–H groups in total. The largest absolute Gasteiger partial charge is 0.484 e. The molecule has 2 aromatic heterocycles. The van der Waals surface area contributed by atoms with Gasteiger partial charge in [-0.2, -0.15) is 4.98 Å². The second-order valence-corrected chi connectivity index (χ2v) is 7.93. The van der Waals surface area contributed by atoms with E-state index in [1.807, 2.05) is 0 Å². The maximum absolute atomic E-state index is 12.8. The Hall–Kier alpha value is -3.62. The lowest BCUT2D eigenvalue weighted by Crippen LogP contribution is -2.48. The first-order valence-corrected chi connectivity index (χ1v) is 10.7. The van der Waals surface area contributed by atoms with Crippen LogP contribution in [0.2, 0.25) is 0 Å². The Balaban J connectivity index is 1.39. The van der Waals surface area contributed by atoms with Crippen LogP contribution in [0.1, 0.15) is 60.8 Å². The van der Waals surface area contributed by atoms with Crippen LogP contribution in [0, 0.1) is 6.92 Å². The van der Waals surface area contributed by atoms with E-state index < -0.39 is 5.54 Å². The Kier molecular flexibility index (Phi) is 6.53. The number of nitrogens with zero attached hydrogens (tertiary/aromatic N) is 2. The van der Waals surface area contributed by atoms with E-state index in [2.05, 4.69) is 20.8 Å². The third kappa shape index (κ3) is 5.16. The van der Waals surface area contributed by atoms with Crippen molar-refractivity contribution in [3.8, 4) is 5.75 Å². The number of aryl methyl sites for hydroxylation is 1. The summed E-state index contributed by atoms with van der Waals surface area (Å²) < 4.78 is 16.0. The van der Waals surface area contributed by atoms with Crippen LogP contribution in [0.15, 0.2) is 51.6 Å². The van der Waals surface area contributed by atoms with Crippen LogP contribution < -0.4 is 15.4 Å². The van der Waals surface area contributed by atoms with Crippen molar-refractivity contribution in [1.29, 1.82) is 0 Å². The topological polar surface area (TPSA) is 119 Å². The van der Waals surface area contributed by atoms with E-state index in [-0.39, 0.29) is 24.2 Å². The zero-order valence-electron chi connectivity index (χ0n) is 17.9. The fourth-order valence-corrected chi connectivity index (χ4v) is 3.95. The number of aromatic nitrogens is 2. The third-order valence-electron chi connectivity index (χ3n) is 5.50. The average Bonchev–Trinajstić information content (AvgIpc) is 3.42. The zero-order valence-corrected chi connectivity index (χ0v) is 17.9. The first kappa shape index (κ1) is 21.6. The van der Waals surface area contributed by atoms with E-state index in [0.717, 1.165) is 38.5 Å². The van der Waals surface area contributed by atoms with Gasteiger partial charge in [0, 0.05) is 18.7 Å². The van der Waals surface area contributed by atoms with Gasteiger partial charge in [-0.3, -0.25) is 9.59 Å². The number of benzene rings is 1.